The third-order valence-corrected chi connectivity index (χ3v) is 4.07. The van der Waals surface area contributed by atoms with Crippen LogP contribution in [0.5, 0.6) is 0 Å². The highest BCUT2D eigenvalue weighted by atomic mass is 16.3. The molecule has 2 N–H and O–H groups in total. The fourth-order valence-corrected chi connectivity index (χ4v) is 2.73. The van der Waals surface area contributed by atoms with Crippen LogP contribution >= 0.6 is 0 Å². The number of aliphatic hydroxyl groups excluding tert-OH is 1. The van der Waals surface area contributed by atoms with E-state index in [4.69, 9.17) is 0 Å². The Morgan fingerprint density at radius 3 is 2.33 bits per heavy atom. The van der Waals surface area contributed by atoms with E-state index in [-0.39, 0.29) is 6.10 Å². The molecule has 1 atom stereocenters. The molecule has 100 valence electrons. The predicted molar refractivity (Wildman–Crippen MR) is 75.6 cm³/mol. The zero-order valence-electron chi connectivity index (χ0n) is 11.5. The first-order valence-electron chi connectivity index (χ1n) is 7.22. The number of benzene rings is 1. The molecule has 0 bridgehead atoms. The molecule has 1 saturated carbocycles. The number of rotatable bonds is 4. The van der Waals surface area contributed by atoms with Gasteiger partial charge in [-0.15, -0.1) is 0 Å². The molecule has 2 rings (SSSR count). The van der Waals surface area contributed by atoms with Gasteiger partial charge in [0, 0.05) is 12.1 Å². The van der Waals surface area contributed by atoms with E-state index in [1.54, 1.807) is 0 Å². The van der Waals surface area contributed by atoms with Gasteiger partial charge in [0.25, 0.3) is 0 Å². The van der Waals surface area contributed by atoms with Crippen molar-refractivity contribution in [2.75, 3.05) is 0 Å². The van der Waals surface area contributed by atoms with E-state index in [0.29, 0.717) is 12.1 Å². The van der Waals surface area contributed by atoms with Crippen LogP contribution in [0.2, 0.25) is 0 Å². The number of hydrogen-bond donors (Lipinski definition) is 2. The summed E-state index contributed by atoms with van der Waals surface area (Å²) in [4.78, 5) is 0. The number of hydrogen-bond acceptors (Lipinski definition) is 2. The maximum absolute atomic E-state index is 9.51. The van der Waals surface area contributed by atoms with E-state index >= 15 is 0 Å². The molecule has 0 spiro atoms. The monoisotopic (exact) mass is 247 g/mol. The molecule has 0 aromatic heterocycles. The van der Waals surface area contributed by atoms with Gasteiger partial charge >= 0.3 is 0 Å². The molecule has 1 fully saturated rings. The van der Waals surface area contributed by atoms with Crippen LogP contribution in [0.25, 0.3) is 0 Å². The summed E-state index contributed by atoms with van der Waals surface area (Å²) in [5, 5.41) is 13.2. The predicted octanol–water partition coefficient (Wildman–Crippen LogP) is 3.20. The second-order valence-corrected chi connectivity index (χ2v) is 5.49. The van der Waals surface area contributed by atoms with Gasteiger partial charge < -0.3 is 10.4 Å². The number of aryl methyl sites for hydroxylation is 1. The first-order chi connectivity index (χ1) is 8.69. The van der Waals surface area contributed by atoms with Gasteiger partial charge in [-0.2, -0.15) is 0 Å². The minimum atomic E-state index is -0.0674. The largest absolute Gasteiger partial charge is 0.393 e. The molecule has 18 heavy (non-hydrogen) atoms. The average molecular weight is 247 g/mol. The Morgan fingerprint density at radius 1 is 1.17 bits per heavy atom. The molecule has 0 radical (unpaired) electrons. The molecule has 1 aliphatic rings. The molecule has 1 aromatic rings. The van der Waals surface area contributed by atoms with Crippen LogP contribution in [0.3, 0.4) is 0 Å². The second kappa shape index (κ2) is 6.35. The summed E-state index contributed by atoms with van der Waals surface area (Å²) in [7, 11) is 0. The van der Waals surface area contributed by atoms with Gasteiger partial charge in [0.2, 0.25) is 0 Å². The topological polar surface area (TPSA) is 32.3 Å². The van der Waals surface area contributed by atoms with E-state index in [0.717, 1.165) is 32.1 Å². The average Bonchev–Trinajstić information content (AvgIpc) is 2.41. The third-order valence-electron chi connectivity index (χ3n) is 4.07. The standard InChI is InChI=1S/C16H25NO/c1-3-13-4-6-14(7-5-13)12(2)17-15-8-10-16(18)11-9-15/h4-7,12,15-18H,3,8-11H2,1-2H3/t12-,15?,16?/m1/s1. The summed E-state index contributed by atoms with van der Waals surface area (Å²) >= 11 is 0. The zero-order chi connectivity index (χ0) is 13.0. The minimum absolute atomic E-state index is 0.0674. The fraction of sp³-hybridized carbons (Fsp3) is 0.625. The summed E-state index contributed by atoms with van der Waals surface area (Å²) in [6, 6.07) is 9.86. The van der Waals surface area contributed by atoms with Gasteiger partial charge in [-0.25, -0.2) is 0 Å². The lowest BCUT2D eigenvalue weighted by atomic mass is 9.92. The molecule has 0 unspecified atom stereocenters. The van der Waals surface area contributed by atoms with Crippen molar-refractivity contribution in [2.45, 2.75) is 64.1 Å². The molecule has 0 saturated heterocycles. The summed E-state index contributed by atoms with van der Waals surface area (Å²) in [5.74, 6) is 0. The van der Waals surface area contributed by atoms with Gasteiger partial charge in [-0.05, 0) is 50.2 Å². The molecule has 0 heterocycles. The normalized spacial score (nSPS) is 25.9. The molecule has 2 heteroatoms. The van der Waals surface area contributed by atoms with Gasteiger partial charge in [0.05, 0.1) is 6.10 Å². The van der Waals surface area contributed by atoms with Crippen molar-refractivity contribution in [1.82, 2.24) is 5.32 Å². The Balaban J connectivity index is 1.88. The Hall–Kier alpha value is -0.860. The van der Waals surface area contributed by atoms with Gasteiger partial charge in [-0.3, -0.25) is 0 Å². The van der Waals surface area contributed by atoms with Crippen molar-refractivity contribution >= 4 is 0 Å². The van der Waals surface area contributed by atoms with Crippen LogP contribution in [0.4, 0.5) is 0 Å². The van der Waals surface area contributed by atoms with Gasteiger partial charge in [0.1, 0.15) is 0 Å². The second-order valence-electron chi connectivity index (χ2n) is 5.49. The van der Waals surface area contributed by atoms with E-state index in [1.165, 1.54) is 11.1 Å². The first kappa shape index (κ1) is 13.6. The van der Waals surface area contributed by atoms with Crippen LogP contribution in [0.1, 0.15) is 56.7 Å². The minimum Gasteiger partial charge on any atom is -0.393 e. The highest BCUT2D eigenvalue weighted by Gasteiger charge is 2.20. The smallest absolute Gasteiger partial charge is 0.0541 e. The molecule has 2 nitrogen and oxygen atoms in total. The quantitative estimate of drug-likeness (QED) is 0.856. The zero-order valence-corrected chi connectivity index (χ0v) is 11.5. The van der Waals surface area contributed by atoms with Gasteiger partial charge in [-0.1, -0.05) is 31.2 Å². The Labute approximate surface area is 110 Å². The third kappa shape index (κ3) is 3.56. The molecular formula is C16H25NO. The summed E-state index contributed by atoms with van der Waals surface area (Å²) in [5.41, 5.74) is 2.75. The summed E-state index contributed by atoms with van der Waals surface area (Å²) in [6.07, 6.45) is 5.11. The SMILES string of the molecule is CCc1ccc([C@@H](C)NC2CCC(O)CC2)cc1. The fourth-order valence-electron chi connectivity index (χ4n) is 2.73. The van der Waals surface area contributed by atoms with Crippen LogP contribution in [0.15, 0.2) is 24.3 Å². The maximum Gasteiger partial charge on any atom is 0.0541 e. The lowest BCUT2D eigenvalue weighted by Crippen LogP contribution is -2.36. The highest BCUT2D eigenvalue weighted by Crippen LogP contribution is 2.22. The van der Waals surface area contributed by atoms with E-state index < -0.39 is 0 Å². The van der Waals surface area contributed by atoms with Crippen molar-refractivity contribution in [3.63, 3.8) is 0 Å². The van der Waals surface area contributed by atoms with Crippen molar-refractivity contribution < 1.29 is 5.11 Å². The number of nitrogens with one attached hydrogen (secondary N) is 1. The Bertz CT molecular complexity index is 352. The van der Waals surface area contributed by atoms with Crippen LogP contribution in [0, 0.1) is 0 Å². The van der Waals surface area contributed by atoms with E-state index in [1.807, 2.05) is 0 Å². The first-order valence-corrected chi connectivity index (χ1v) is 7.22. The van der Waals surface area contributed by atoms with Crippen molar-refractivity contribution in [2.24, 2.45) is 0 Å². The van der Waals surface area contributed by atoms with Crippen molar-refractivity contribution in [1.29, 1.82) is 0 Å². The Kier molecular flexibility index (Phi) is 4.79. The van der Waals surface area contributed by atoms with E-state index in [9.17, 15) is 5.11 Å². The maximum atomic E-state index is 9.51. The lowest BCUT2D eigenvalue weighted by Gasteiger charge is -2.29. The lowest BCUT2D eigenvalue weighted by molar-refractivity contribution is 0.114. The van der Waals surface area contributed by atoms with Crippen LogP contribution < -0.4 is 5.32 Å². The molecule has 1 aliphatic carbocycles. The number of aliphatic hydroxyl groups is 1. The van der Waals surface area contributed by atoms with E-state index in [2.05, 4.69) is 43.4 Å². The van der Waals surface area contributed by atoms with Crippen molar-refractivity contribution in [3.8, 4) is 0 Å². The molecule has 0 amide bonds. The summed E-state index contributed by atoms with van der Waals surface area (Å²) < 4.78 is 0. The summed E-state index contributed by atoms with van der Waals surface area (Å²) in [6.45, 7) is 4.41. The van der Waals surface area contributed by atoms with Crippen molar-refractivity contribution in [3.05, 3.63) is 35.4 Å². The molecular weight excluding hydrogens is 222 g/mol. The molecule has 0 aliphatic heterocycles. The van der Waals surface area contributed by atoms with Crippen LogP contribution in [-0.2, 0) is 6.42 Å². The highest BCUT2D eigenvalue weighted by molar-refractivity contribution is 5.24. The molecule has 1 aromatic carbocycles. The Morgan fingerprint density at radius 2 is 1.78 bits per heavy atom. The van der Waals surface area contributed by atoms with Gasteiger partial charge in [0.15, 0.2) is 0 Å². The van der Waals surface area contributed by atoms with Crippen LogP contribution in [-0.4, -0.2) is 17.3 Å².